The summed E-state index contributed by atoms with van der Waals surface area (Å²) in [6, 6.07) is 9.50. The molecule has 1 amide bonds. The molecular formula is C23H26N4O3S2. The van der Waals surface area contributed by atoms with E-state index in [1.165, 1.54) is 11.3 Å². The zero-order chi connectivity index (χ0) is 21.9. The predicted octanol–water partition coefficient (Wildman–Crippen LogP) is 2.99. The third-order valence-corrected chi connectivity index (χ3v) is 7.93. The maximum atomic E-state index is 13.3. The molecule has 1 aromatic carbocycles. The van der Waals surface area contributed by atoms with Crippen molar-refractivity contribution in [3.05, 3.63) is 63.5 Å². The van der Waals surface area contributed by atoms with Crippen LogP contribution >= 0.6 is 23.1 Å². The molecule has 2 fully saturated rings. The molecule has 32 heavy (non-hydrogen) atoms. The van der Waals surface area contributed by atoms with Gasteiger partial charge >= 0.3 is 0 Å². The number of benzene rings is 1. The van der Waals surface area contributed by atoms with Gasteiger partial charge in [-0.05, 0) is 25.0 Å². The van der Waals surface area contributed by atoms with Crippen molar-refractivity contribution < 1.29 is 9.53 Å². The number of carbonyl (C=O) groups excluding carboxylic acids is 1. The Kier molecular flexibility index (Phi) is 6.59. The Morgan fingerprint density at radius 1 is 1.22 bits per heavy atom. The second kappa shape index (κ2) is 9.74. The third kappa shape index (κ3) is 4.76. The highest BCUT2D eigenvalue weighted by atomic mass is 32.2. The lowest BCUT2D eigenvalue weighted by atomic mass is 10.1. The summed E-state index contributed by atoms with van der Waals surface area (Å²) in [5.41, 5.74) is 1.52. The average molecular weight is 471 g/mol. The lowest BCUT2D eigenvalue weighted by Gasteiger charge is -2.34. The summed E-state index contributed by atoms with van der Waals surface area (Å²) in [6.45, 7) is 4.35. The number of ether oxygens (including phenoxy) is 1. The van der Waals surface area contributed by atoms with Gasteiger partial charge in [-0.3, -0.25) is 18.9 Å². The third-order valence-electron chi connectivity index (χ3n) is 5.97. The molecule has 0 saturated carbocycles. The van der Waals surface area contributed by atoms with Gasteiger partial charge in [0.05, 0.1) is 17.4 Å². The van der Waals surface area contributed by atoms with Crippen LogP contribution in [0.5, 0.6) is 0 Å². The van der Waals surface area contributed by atoms with E-state index < -0.39 is 0 Å². The van der Waals surface area contributed by atoms with E-state index in [-0.39, 0.29) is 11.5 Å². The minimum Gasteiger partial charge on any atom is -0.377 e. The Labute approximate surface area is 195 Å². The van der Waals surface area contributed by atoms with Gasteiger partial charge in [0.2, 0.25) is 0 Å². The zero-order valence-electron chi connectivity index (χ0n) is 17.8. The molecule has 5 rings (SSSR count). The van der Waals surface area contributed by atoms with Crippen molar-refractivity contribution >= 4 is 34.0 Å². The van der Waals surface area contributed by atoms with Crippen LogP contribution in [-0.2, 0) is 11.3 Å². The van der Waals surface area contributed by atoms with E-state index in [0.29, 0.717) is 25.7 Å². The van der Waals surface area contributed by atoms with Gasteiger partial charge < -0.3 is 9.64 Å². The molecule has 9 heteroatoms. The number of thiazole rings is 1. The average Bonchev–Trinajstić information content (AvgIpc) is 3.50. The molecule has 2 aliphatic heterocycles. The summed E-state index contributed by atoms with van der Waals surface area (Å²) in [5, 5.41) is 1.87. The van der Waals surface area contributed by atoms with Gasteiger partial charge in [0.1, 0.15) is 0 Å². The highest BCUT2D eigenvalue weighted by molar-refractivity contribution is 7.99. The van der Waals surface area contributed by atoms with Crippen LogP contribution in [0, 0.1) is 0 Å². The van der Waals surface area contributed by atoms with Crippen LogP contribution in [0.1, 0.15) is 28.9 Å². The fraction of sp³-hybridized carbons (Fsp3) is 0.435. The molecule has 0 bridgehead atoms. The normalized spacial score (nSPS) is 19.6. The van der Waals surface area contributed by atoms with Crippen molar-refractivity contribution in [1.82, 2.24) is 19.2 Å². The number of amides is 1. The minimum atomic E-state index is -0.0443. The summed E-state index contributed by atoms with van der Waals surface area (Å²) in [7, 11) is 0. The van der Waals surface area contributed by atoms with Crippen LogP contribution in [0.4, 0.5) is 0 Å². The van der Waals surface area contributed by atoms with Crippen LogP contribution in [0.3, 0.4) is 0 Å². The largest absolute Gasteiger partial charge is 0.377 e. The fourth-order valence-electron chi connectivity index (χ4n) is 4.21. The number of thioether (sulfide) groups is 1. The van der Waals surface area contributed by atoms with Gasteiger partial charge in [0.15, 0.2) is 4.96 Å². The van der Waals surface area contributed by atoms with E-state index in [9.17, 15) is 9.59 Å². The maximum absolute atomic E-state index is 13.3. The SMILES string of the molecule is O=C(c1ccccc1SC[C@H]1CCCO1)N1CCN(Cc2cc(=O)n3ccsc3n2)CC1. The quantitative estimate of drug-likeness (QED) is 0.516. The Balaban J connectivity index is 1.19. The standard InChI is InChI=1S/C23H26N4O3S2/c28-21-14-17(24-23-27(21)11-13-31-23)15-25-7-9-26(10-8-25)22(29)19-5-1-2-6-20(19)32-16-18-4-3-12-30-18/h1-2,5-6,11,13-14,18H,3-4,7-10,12,15-16H2/t18-/m1/s1. The molecule has 0 radical (unpaired) electrons. The van der Waals surface area contributed by atoms with Gasteiger partial charge in [-0.1, -0.05) is 12.1 Å². The van der Waals surface area contributed by atoms with Gasteiger partial charge in [0.25, 0.3) is 11.5 Å². The molecule has 7 nitrogen and oxygen atoms in total. The first-order valence-corrected chi connectivity index (χ1v) is 12.8. The maximum Gasteiger partial charge on any atom is 0.258 e. The summed E-state index contributed by atoms with van der Waals surface area (Å²) in [5.74, 6) is 0.982. The summed E-state index contributed by atoms with van der Waals surface area (Å²) in [4.78, 5) is 36.0. The molecule has 3 aromatic rings. The highest BCUT2D eigenvalue weighted by Gasteiger charge is 2.25. The first-order valence-electron chi connectivity index (χ1n) is 11.0. The van der Waals surface area contributed by atoms with E-state index in [1.54, 1.807) is 28.4 Å². The first-order chi connectivity index (χ1) is 15.7. The summed E-state index contributed by atoms with van der Waals surface area (Å²) < 4.78 is 7.30. The molecule has 0 N–H and O–H groups in total. The molecule has 0 aliphatic carbocycles. The van der Waals surface area contributed by atoms with Gasteiger partial charge in [-0.25, -0.2) is 4.98 Å². The monoisotopic (exact) mass is 470 g/mol. The smallest absolute Gasteiger partial charge is 0.258 e. The Hall–Kier alpha value is -2.20. The van der Waals surface area contributed by atoms with Crippen LogP contribution in [0.15, 0.2) is 51.6 Å². The number of nitrogens with zero attached hydrogens (tertiary/aromatic N) is 4. The summed E-state index contributed by atoms with van der Waals surface area (Å²) in [6.07, 6.45) is 4.27. The lowest BCUT2D eigenvalue weighted by molar-refractivity contribution is 0.0623. The van der Waals surface area contributed by atoms with Crippen molar-refractivity contribution in [2.75, 3.05) is 38.5 Å². The van der Waals surface area contributed by atoms with E-state index in [2.05, 4.69) is 9.88 Å². The van der Waals surface area contributed by atoms with E-state index in [4.69, 9.17) is 4.74 Å². The molecular weight excluding hydrogens is 444 g/mol. The van der Waals surface area contributed by atoms with Crippen LogP contribution < -0.4 is 5.56 Å². The van der Waals surface area contributed by atoms with Crippen LogP contribution in [0.25, 0.3) is 4.96 Å². The van der Waals surface area contributed by atoms with E-state index in [1.807, 2.05) is 34.5 Å². The van der Waals surface area contributed by atoms with Crippen molar-refractivity contribution in [3.63, 3.8) is 0 Å². The second-order valence-corrected chi connectivity index (χ2v) is 10.1. The molecule has 2 aromatic heterocycles. The Morgan fingerprint density at radius 2 is 2.06 bits per heavy atom. The molecule has 0 unspecified atom stereocenters. The van der Waals surface area contributed by atoms with Crippen molar-refractivity contribution in [2.24, 2.45) is 0 Å². The molecule has 2 aliphatic rings. The van der Waals surface area contributed by atoms with Crippen molar-refractivity contribution in [2.45, 2.75) is 30.4 Å². The number of hydrogen-bond acceptors (Lipinski definition) is 7. The van der Waals surface area contributed by atoms with E-state index in [0.717, 1.165) is 59.4 Å². The molecule has 1 atom stereocenters. The predicted molar refractivity (Wildman–Crippen MR) is 127 cm³/mol. The van der Waals surface area contributed by atoms with Gasteiger partial charge in [0, 0.05) is 67.6 Å². The molecule has 168 valence electrons. The number of aromatic nitrogens is 2. The number of fused-ring (bicyclic) bond motifs is 1. The number of hydrogen-bond donors (Lipinski definition) is 0. The van der Waals surface area contributed by atoms with Crippen molar-refractivity contribution in [1.29, 1.82) is 0 Å². The first kappa shape index (κ1) is 21.6. The Morgan fingerprint density at radius 3 is 2.88 bits per heavy atom. The fourth-order valence-corrected chi connectivity index (χ4v) is 6.06. The molecule has 4 heterocycles. The highest BCUT2D eigenvalue weighted by Crippen LogP contribution is 2.28. The van der Waals surface area contributed by atoms with Gasteiger partial charge in [-0.15, -0.1) is 23.1 Å². The van der Waals surface area contributed by atoms with Crippen molar-refractivity contribution in [3.8, 4) is 0 Å². The number of carbonyl (C=O) groups is 1. The minimum absolute atomic E-state index is 0.0443. The second-order valence-electron chi connectivity index (χ2n) is 8.15. The number of piperazine rings is 1. The van der Waals surface area contributed by atoms with E-state index >= 15 is 0 Å². The van der Waals surface area contributed by atoms with Crippen LogP contribution in [-0.4, -0.2) is 69.7 Å². The number of rotatable bonds is 6. The zero-order valence-corrected chi connectivity index (χ0v) is 19.4. The molecule has 2 saturated heterocycles. The van der Waals surface area contributed by atoms with Gasteiger partial charge in [-0.2, -0.15) is 0 Å². The summed E-state index contributed by atoms with van der Waals surface area (Å²) >= 11 is 3.18. The Bertz CT molecular complexity index is 1150. The van der Waals surface area contributed by atoms with Crippen LogP contribution in [0.2, 0.25) is 0 Å². The lowest BCUT2D eigenvalue weighted by Crippen LogP contribution is -2.48. The molecule has 0 spiro atoms. The topological polar surface area (TPSA) is 67.2 Å².